The molecule has 25 heavy (non-hydrogen) atoms. The monoisotopic (exact) mass is 338 g/mol. The molecule has 1 heterocycles. The maximum atomic E-state index is 12.6. The third-order valence-electron chi connectivity index (χ3n) is 4.65. The van der Waals surface area contributed by atoms with E-state index in [-0.39, 0.29) is 11.5 Å². The summed E-state index contributed by atoms with van der Waals surface area (Å²) in [6, 6.07) is 12.6. The quantitative estimate of drug-likeness (QED) is 0.935. The molecule has 1 fully saturated rings. The number of benzene rings is 2. The molecular weight excluding hydrogens is 316 g/mol. The van der Waals surface area contributed by atoms with Crippen LogP contribution in [0, 0.1) is 13.8 Å². The van der Waals surface area contributed by atoms with Gasteiger partial charge < -0.3 is 14.9 Å². The molecule has 0 aliphatic carbocycles. The molecular formula is C20H22N2O3. The van der Waals surface area contributed by atoms with E-state index < -0.39 is 5.97 Å². The van der Waals surface area contributed by atoms with Crippen LogP contribution in [0.5, 0.6) is 0 Å². The summed E-state index contributed by atoms with van der Waals surface area (Å²) in [4.78, 5) is 27.7. The van der Waals surface area contributed by atoms with E-state index in [4.69, 9.17) is 5.11 Å². The van der Waals surface area contributed by atoms with Gasteiger partial charge in [-0.2, -0.15) is 0 Å². The van der Waals surface area contributed by atoms with Crippen LogP contribution in [0.25, 0.3) is 0 Å². The minimum Gasteiger partial charge on any atom is -0.478 e. The van der Waals surface area contributed by atoms with Crippen molar-refractivity contribution in [3.63, 3.8) is 0 Å². The second kappa shape index (κ2) is 6.97. The first-order valence-electron chi connectivity index (χ1n) is 8.40. The van der Waals surface area contributed by atoms with Gasteiger partial charge in [0.05, 0.1) is 5.56 Å². The lowest BCUT2D eigenvalue weighted by molar-refractivity contribution is 0.0693. The van der Waals surface area contributed by atoms with E-state index in [0.717, 1.165) is 13.1 Å². The van der Waals surface area contributed by atoms with Gasteiger partial charge in [-0.3, -0.25) is 4.79 Å². The van der Waals surface area contributed by atoms with E-state index in [9.17, 15) is 9.59 Å². The highest BCUT2D eigenvalue weighted by Crippen LogP contribution is 2.23. The topological polar surface area (TPSA) is 60.9 Å². The van der Waals surface area contributed by atoms with Gasteiger partial charge in [0.2, 0.25) is 0 Å². The van der Waals surface area contributed by atoms with Crippen LogP contribution in [0.15, 0.2) is 42.5 Å². The van der Waals surface area contributed by atoms with Gasteiger partial charge >= 0.3 is 5.97 Å². The second-order valence-corrected chi connectivity index (χ2v) is 6.45. The molecule has 0 unspecified atom stereocenters. The van der Waals surface area contributed by atoms with Crippen molar-refractivity contribution in [3.8, 4) is 0 Å². The summed E-state index contributed by atoms with van der Waals surface area (Å²) in [6.45, 7) is 7.10. The lowest BCUT2D eigenvalue weighted by Gasteiger charge is -2.37. The van der Waals surface area contributed by atoms with Crippen LogP contribution in [-0.2, 0) is 0 Å². The van der Waals surface area contributed by atoms with Crippen LogP contribution >= 0.6 is 0 Å². The molecule has 5 heteroatoms. The first kappa shape index (κ1) is 17.0. The molecule has 2 aromatic carbocycles. The molecule has 1 amide bonds. The molecule has 0 radical (unpaired) electrons. The van der Waals surface area contributed by atoms with Crippen LogP contribution < -0.4 is 4.90 Å². The zero-order valence-electron chi connectivity index (χ0n) is 14.5. The highest BCUT2D eigenvalue weighted by Gasteiger charge is 2.23. The number of amides is 1. The fourth-order valence-electron chi connectivity index (χ4n) is 3.15. The van der Waals surface area contributed by atoms with E-state index in [0.29, 0.717) is 18.7 Å². The normalized spacial score (nSPS) is 14.5. The Kier molecular flexibility index (Phi) is 4.74. The highest BCUT2D eigenvalue weighted by atomic mass is 16.4. The molecule has 0 atom stereocenters. The van der Waals surface area contributed by atoms with E-state index in [2.05, 4.69) is 36.9 Å². The predicted octanol–water partition coefficient (Wildman–Crippen LogP) is 2.96. The van der Waals surface area contributed by atoms with Crippen LogP contribution in [0.3, 0.4) is 0 Å². The van der Waals surface area contributed by atoms with E-state index in [1.54, 1.807) is 12.1 Å². The largest absolute Gasteiger partial charge is 0.478 e. The van der Waals surface area contributed by atoms with Crippen molar-refractivity contribution in [1.29, 1.82) is 0 Å². The van der Waals surface area contributed by atoms with Crippen molar-refractivity contribution in [2.45, 2.75) is 13.8 Å². The van der Waals surface area contributed by atoms with Gasteiger partial charge in [0.15, 0.2) is 0 Å². The van der Waals surface area contributed by atoms with Crippen molar-refractivity contribution in [2.75, 3.05) is 31.1 Å². The average Bonchev–Trinajstić information content (AvgIpc) is 2.63. The fraction of sp³-hybridized carbons (Fsp3) is 0.300. The van der Waals surface area contributed by atoms with Gasteiger partial charge in [-0.05, 0) is 55.3 Å². The minimum atomic E-state index is -0.985. The maximum Gasteiger partial charge on any atom is 0.335 e. The molecule has 0 spiro atoms. The summed E-state index contributed by atoms with van der Waals surface area (Å²) in [5, 5.41) is 8.94. The molecule has 1 saturated heterocycles. The van der Waals surface area contributed by atoms with Crippen LogP contribution in [0.1, 0.15) is 31.8 Å². The van der Waals surface area contributed by atoms with Gasteiger partial charge in [-0.15, -0.1) is 0 Å². The van der Waals surface area contributed by atoms with Crippen molar-refractivity contribution in [2.24, 2.45) is 0 Å². The Morgan fingerprint density at radius 3 is 2.08 bits per heavy atom. The van der Waals surface area contributed by atoms with E-state index in [1.165, 1.54) is 28.9 Å². The number of anilines is 1. The number of nitrogens with zero attached hydrogens (tertiary/aromatic N) is 2. The first-order valence-corrected chi connectivity index (χ1v) is 8.40. The number of carbonyl (C=O) groups excluding carboxylic acids is 1. The number of aryl methyl sites for hydroxylation is 2. The molecule has 1 aliphatic rings. The number of piperazine rings is 1. The summed E-state index contributed by atoms with van der Waals surface area (Å²) < 4.78 is 0. The lowest BCUT2D eigenvalue weighted by atomic mass is 10.1. The summed E-state index contributed by atoms with van der Waals surface area (Å²) >= 11 is 0. The summed E-state index contributed by atoms with van der Waals surface area (Å²) in [5.74, 6) is -1.03. The molecule has 5 nitrogen and oxygen atoms in total. The van der Waals surface area contributed by atoms with Gasteiger partial charge in [0.25, 0.3) is 5.91 Å². The number of carboxylic acids is 1. The van der Waals surface area contributed by atoms with Crippen molar-refractivity contribution in [3.05, 3.63) is 64.7 Å². The zero-order chi connectivity index (χ0) is 18.0. The van der Waals surface area contributed by atoms with E-state index in [1.807, 2.05) is 4.90 Å². The Morgan fingerprint density at radius 2 is 1.48 bits per heavy atom. The van der Waals surface area contributed by atoms with Gasteiger partial charge in [-0.25, -0.2) is 4.79 Å². The molecule has 0 aromatic heterocycles. The Labute approximate surface area is 147 Å². The van der Waals surface area contributed by atoms with Crippen LogP contribution in [0.2, 0.25) is 0 Å². The standard InChI is InChI=1S/C20H22N2O3/c1-14-3-4-15(2)18(13-14)21-9-11-22(12-10-21)19(23)16-5-7-17(8-6-16)20(24)25/h3-8,13H,9-12H2,1-2H3,(H,24,25). The molecule has 3 rings (SSSR count). The van der Waals surface area contributed by atoms with Crippen molar-refractivity contribution >= 4 is 17.6 Å². The van der Waals surface area contributed by atoms with Crippen LogP contribution in [0.4, 0.5) is 5.69 Å². The maximum absolute atomic E-state index is 12.6. The summed E-state index contributed by atoms with van der Waals surface area (Å²) in [6.07, 6.45) is 0. The molecule has 130 valence electrons. The Balaban J connectivity index is 1.66. The van der Waals surface area contributed by atoms with Gasteiger partial charge in [0.1, 0.15) is 0 Å². The first-order chi connectivity index (χ1) is 12.0. The van der Waals surface area contributed by atoms with Crippen molar-refractivity contribution < 1.29 is 14.7 Å². The third-order valence-corrected chi connectivity index (χ3v) is 4.65. The zero-order valence-corrected chi connectivity index (χ0v) is 14.5. The number of rotatable bonds is 3. The Hall–Kier alpha value is -2.82. The van der Waals surface area contributed by atoms with Gasteiger partial charge in [0, 0.05) is 37.4 Å². The fourth-order valence-corrected chi connectivity index (χ4v) is 3.15. The van der Waals surface area contributed by atoms with Crippen molar-refractivity contribution in [1.82, 2.24) is 4.90 Å². The molecule has 0 saturated carbocycles. The van der Waals surface area contributed by atoms with Gasteiger partial charge in [-0.1, -0.05) is 12.1 Å². The number of aromatic carboxylic acids is 1. The molecule has 1 aliphatic heterocycles. The molecule has 2 aromatic rings. The second-order valence-electron chi connectivity index (χ2n) is 6.45. The van der Waals surface area contributed by atoms with Crippen LogP contribution in [-0.4, -0.2) is 48.1 Å². The number of hydrogen-bond donors (Lipinski definition) is 1. The lowest BCUT2D eigenvalue weighted by Crippen LogP contribution is -2.49. The number of hydrogen-bond acceptors (Lipinski definition) is 3. The third kappa shape index (κ3) is 3.65. The molecule has 1 N–H and O–H groups in total. The predicted molar refractivity (Wildman–Crippen MR) is 97.4 cm³/mol. The number of carboxylic acid groups (broad SMARTS) is 1. The summed E-state index contributed by atoms with van der Waals surface area (Å²) in [5.41, 5.74) is 4.44. The molecule has 0 bridgehead atoms. The Morgan fingerprint density at radius 1 is 0.880 bits per heavy atom. The summed E-state index contributed by atoms with van der Waals surface area (Å²) in [7, 11) is 0. The highest BCUT2D eigenvalue weighted by molar-refractivity contribution is 5.96. The Bertz CT molecular complexity index is 791. The van der Waals surface area contributed by atoms with E-state index >= 15 is 0 Å². The number of carbonyl (C=O) groups is 2. The smallest absolute Gasteiger partial charge is 0.335 e. The average molecular weight is 338 g/mol. The SMILES string of the molecule is Cc1ccc(C)c(N2CCN(C(=O)c3ccc(C(=O)O)cc3)CC2)c1. The minimum absolute atomic E-state index is 0.0439.